The van der Waals surface area contributed by atoms with Crippen molar-refractivity contribution in [3.63, 3.8) is 0 Å². The fourth-order valence-corrected chi connectivity index (χ4v) is 5.44. The highest BCUT2D eigenvalue weighted by atomic mass is 16.5. The van der Waals surface area contributed by atoms with Crippen molar-refractivity contribution in [2.45, 2.75) is 83.1 Å². The summed E-state index contributed by atoms with van der Waals surface area (Å²) in [5, 5.41) is 4.04. The fraction of sp³-hybridized carbons (Fsp3) is 0.857. The minimum Gasteiger partial charge on any atom is -0.341 e. The molecule has 6 heteroatoms. The van der Waals surface area contributed by atoms with E-state index >= 15 is 0 Å². The summed E-state index contributed by atoms with van der Waals surface area (Å²) in [6.45, 7) is 5.83. The van der Waals surface area contributed by atoms with Gasteiger partial charge in [-0.2, -0.15) is 4.98 Å². The van der Waals surface area contributed by atoms with Gasteiger partial charge < -0.3 is 9.42 Å². The largest absolute Gasteiger partial charge is 0.341 e. The standard InChI is InChI=1S/C21H34N4O2/c1-17-22-19(23-27-17)16-18-8-14-24(15-9-18)20(26)21(10-4-2-5-11-21)25-12-6-3-7-13-25/h18H,2-16H2,1H3. The summed E-state index contributed by atoms with van der Waals surface area (Å²) in [6.07, 6.45) is 12.6. The lowest BCUT2D eigenvalue weighted by Gasteiger charge is -2.49. The molecule has 0 bridgehead atoms. The number of likely N-dealkylation sites (tertiary alicyclic amines) is 2. The lowest BCUT2D eigenvalue weighted by molar-refractivity contribution is -0.150. The number of aryl methyl sites for hydroxylation is 1. The number of hydrogen-bond donors (Lipinski definition) is 0. The third kappa shape index (κ3) is 4.05. The molecule has 3 aliphatic rings. The molecule has 0 aromatic carbocycles. The van der Waals surface area contributed by atoms with Gasteiger partial charge in [0.1, 0.15) is 5.54 Å². The van der Waals surface area contributed by atoms with E-state index in [0.29, 0.717) is 17.7 Å². The Morgan fingerprint density at radius 3 is 2.33 bits per heavy atom. The Morgan fingerprint density at radius 1 is 1.04 bits per heavy atom. The van der Waals surface area contributed by atoms with Crippen molar-refractivity contribution in [2.24, 2.45) is 5.92 Å². The number of carbonyl (C=O) groups excluding carboxylic acids is 1. The molecule has 1 aromatic heterocycles. The smallest absolute Gasteiger partial charge is 0.243 e. The lowest BCUT2D eigenvalue weighted by Crippen LogP contribution is -2.62. The second-order valence-corrected chi connectivity index (χ2v) is 8.81. The summed E-state index contributed by atoms with van der Waals surface area (Å²) in [5.74, 6) is 2.44. The summed E-state index contributed by atoms with van der Waals surface area (Å²) in [5.41, 5.74) is -0.198. The molecular formula is C21H34N4O2. The molecule has 6 nitrogen and oxygen atoms in total. The summed E-state index contributed by atoms with van der Waals surface area (Å²) in [6, 6.07) is 0. The normalized spacial score (nSPS) is 24.9. The van der Waals surface area contributed by atoms with Crippen molar-refractivity contribution < 1.29 is 9.32 Å². The van der Waals surface area contributed by atoms with Gasteiger partial charge in [-0.1, -0.05) is 30.8 Å². The van der Waals surface area contributed by atoms with E-state index in [2.05, 4.69) is 19.9 Å². The Labute approximate surface area is 162 Å². The highest BCUT2D eigenvalue weighted by molar-refractivity contribution is 5.86. The van der Waals surface area contributed by atoms with E-state index in [9.17, 15) is 4.79 Å². The molecule has 1 aliphatic carbocycles. The van der Waals surface area contributed by atoms with Crippen LogP contribution in [-0.4, -0.2) is 57.6 Å². The Balaban J connectivity index is 1.39. The first-order chi connectivity index (χ1) is 13.2. The zero-order valence-corrected chi connectivity index (χ0v) is 16.8. The Kier molecular flexibility index (Phi) is 5.81. The van der Waals surface area contributed by atoms with Crippen LogP contribution in [-0.2, 0) is 11.2 Å². The van der Waals surface area contributed by atoms with E-state index in [-0.39, 0.29) is 5.54 Å². The molecule has 27 heavy (non-hydrogen) atoms. The monoisotopic (exact) mass is 374 g/mol. The van der Waals surface area contributed by atoms with Gasteiger partial charge in [-0.05, 0) is 57.5 Å². The van der Waals surface area contributed by atoms with Crippen LogP contribution in [0.5, 0.6) is 0 Å². The minimum atomic E-state index is -0.198. The van der Waals surface area contributed by atoms with Gasteiger partial charge in [-0.3, -0.25) is 9.69 Å². The van der Waals surface area contributed by atoms with Crippen LogP contribution in [0.25, 0.3) is 0 Å². The first kappa shape index (κ1) is 18.9. The van der Waals surface area contributed by atoms with Crippen molar-refractivity contribution in [1.82, 2.24) is 19.9 Å². The molecular weight excluding hydrogens is 340 g/mol. The molecule has 0 spiro atoms. The molecule has 0 N–H and O–H groups in total. The molecule has 2 saturated heterocycles. The number of amides is 1. The van der Waals surface area contributed by atoms with Crippen LogP contribution in [0.2, 0.25) is 0 Å². The van der Waals surface area contributed by atoms with E-state index in [1.54, 1.807) is 0 Å². The number of nitrogens with zero attached hydrogens (tertiary/aromatic N) is 4. The van der Waals surface area contributed by atoms with E-state index in [1.807, 2.05) is 6.92 Å². The maximum absolute atomic E-state index is 13.7. The van der Waals surface area contributed by atoms with Gasteiger partial charge in [0.25, 0.3) is 0 Å². The van der Waals surface area contributed by atoms with Gasteiger partial charge in [0.2, 0.25) is 11.8 Å². The highest BCUT2D eigenvalue weighted by Gasteiger charge is 2.47. The van der Waals surface area contributed by atoms with Crippen LogP contribution in [0.3, 0.4) is 0 Å². The topological polar surface area (TPSA) is 62.5 Å². The van der Waals surface area contributed by atoms with Crippen LogP contribution in [0.15, 0.2) is 4.52 Å². The van der Waals surface area contributed by atoms with Gasteiger partial charge in [-0.15, -0.1) is 0 Å². The quantitative estimate of drug-likeness (QED) is 0.809. The second kappa shape index (κ2) is 8.29. The maximum Gasteiger partial charge on any atom is 0.243 e. The van der Waals surface area contributed by atoms with E-state index in [0.717, 1.165) is 64.1 Å². The van der Waals surface area contributed by atoms with Crippen LogP contribution in [0.1, 0.15) is 75.9 Å². The first-order valence-corrected chi connectivity index (χ1v) is 11.0. The number of piperidine rings is 2. The number of aromatic nitrogens is 2. The summed E-state index contributed by atoms with van der Waals surface area (Å²) < 4.78 is 5.09. The van der Waals surface area contributed by atoms with E-state index in [1.165, 1.54) is 38.5 Å². The number of rotatable bonds is 4. The average molecular weight is 375 g/mol. The Morgan fingerprint density at radius 2 is 1.70 bits per heavy atom. The molecule has 1 aromatic rings. The molecule has 2 aliphatic heterocycles. The minimum absolute atomic E-state index is 0.198. The molecule has 0 atom stereocenters. The molecule has 150 valence electrons. The average Bonchev–Trinajstić information content (AvgIpc) is 3.14. The van der Waals surface area contributed by atoms with Crippen LogP contribution in [0, 0.1) is 12.8 Å². The van der Waals surface area contributed by atoms with Gasteiger partial charge >= 0.3 is 0 Å². The third-order valence-electron chi connectivity index (χ3n) is 6.98. The highest BCUT2D eigenvalue weighted by Crippen LogP contribution is 2.38. The Bertz CT molecular complexity index is 624. The predicted octanol–water partition coefficient (Wildman–Crippen LogP) is 3.35. The summed E-state index contributed by atoms with van der Waals surface area (Å²) >= 11 is 0. The van der Waals surface area contributed by atoms with Gasteiger partial charge in [0.15, 0.2) is 5.82 Å². The van der Waals surface area contributed by atoms with E-state index < -0.39 is 0 Å². The molecule has 1 amide bonds. The molecule has 0 unspecified atom stereocenters. The van der Waals surface area contributed by atoms with Crippen molar-refractivity contribution in [1.29, 1.82) is 0 Å². The molecule has 3 fully saturated rings. The van der Waals surface area contributed by atoms with Gasteiger partial charge in [-0.25, -0.2) is 0 Å². The predicted molar refractivity (Wildman–Crippen MR) is 103 cm³/mol. The molecule has 4 rings (SSSR count). The summed E-state index contributed by atoms with van der Waals surface area (Å²) in [7, 11) is 0. The van der Waals surface area contributed by atoms with Crippen molar-refractivity contribution in [3.05, 3.63) is 11.7 Å². The maximum atomic E-state index is 13.7. The zero-order valence-electron chi connectivity index (χ0n) is 16.8. The third-order valence-corrected chi connectivity index (χ3v) is 6.98. The zero-order chi connectivity index (χ0) is 18.7. The first-order valence-electron chi connectivity index (χ1n) is 11.0. The van der Waals surface area contributed by atoms with Crippen molar-refractivity contribution >= 4 is 5.91 Å². The lowest BCUT2D eigenvalue weighted by atomic mass is 9.77. The molecule has 3 heterocycles. The number of carbonyl (C=O) groups is 1. The summed E-state index contributed by atoms with van der Waals surface area (Å²) in [4.78, 5) is 22.8. The second-order valence-electron chi connectivity index (χ2n) is 8.81. The van der Waals surface area contributed by atoms with Crippen LogP contribution >= 0.6 is 0 Å². The molecule has 0 radical (unpaired) electrons. The van der Waals surface area contributed by atoms with Crippen LogP contribution in [0.4, 0.5) is 0 Å². The molecule has 1 saturated carbocycles. The van der Waals surface area contributed by atoms with Crippen molar-refractivity contribution in [3.8, 4) is 0 Å². The Hall–Kier alpha value is -1.43. The van der Waals surface area contributed by atoms with Crippen molar-refractivity contribution in [2.75, 3.05) is 26.2 Å². The number of hydrogen-bond acceptors (Lipinski definition) is 5. The van der Waals surface area contributed by atoms with Gasteiger partial charge in [0, 0.05) is 26.4 Å². The van der Waals surface area contributed by atoms with E-state index in [4.69, 9.17) is 4.52 Å². The van der Waals surface area contributed by atoms with Gasteiger partial charge in [0.05, 0.1) is 0 Å². The fourth-order valence-electron chi connectivity index (χ4n) is 5.44. The van der Waals surface area contributed by atoms with Crippen LogP contribution < -0.4 is 0 Å². The SMILES string of the molecule is Cc1nc(CC2CCN(C(=O)C3(N4CCCCC4)CCCCC3)CC2)no1.